The van der Waals surface area contributed by atoms with E-state index in [1.807, 2.05) is 42.5 Å². The zero-order chi connectivity index (χ0) is 20.5. The first-order chi connectivity index (χ1) is 14.2. The van der Waals surface area contributed by atoms with Crippen LogP contribution in [0.1, 0.15) is 29.9 Å². The number of nitrogens with one attached hydrogen (secondary N) is 1. The van der Waals surface area contributed by atoms with Crippen molar-refractivity contribution in [2.45, 2.75) is 18.8 Å². The van der Waals surface area contributed by atoms with E-state index >= 15 is 0 Å². The second-order valence-corrected chi connectivity index (χ2v) is 7.01. The van der Waals surface area contributed by atoms with Gasteiger partial charge in [-0.1, -0.05) is 36.4 Å². The average molecular weight is 393 g/mol. The molecule has 8 nitrogen and oxygen atoms in total. The quantitative estimate of drug-likeness (QED) is 0.257. The van der Waals surface area contributed by atoms with Crippen LogP contribution in [0.3, 0.4) is 0 Å². The summed E-state index contributed by atoms with van der Waals surface area (Å²) in [4.78, 5) is 6.81. The highest BCUT2D eigenvalue weighted by Gasteiger charge is 2.21. The molecule has 0 unspecified atom stereocenters. The van der Waals surface area contributed by atoms with Gasteiger partial charge in [-0.05, 0) is 55.6 Å². The van der Waals surface area contributed by atoms with Crippen molar-refractivity contribution < 1.29 is 0 Å². The molecule has 152 valence electrons. The predicted molar refractivity (Wildman–Crippen MR) is 119 cm³/mol. The van der Waals surface area contributed by atoms with Gasteiger partial charge in [0.15, 0.2) is 5.84 Å². The standard InChI is InChI=1S/C21H28N8/c22-26-20(14-25-19-7-2-1-3-8-19)15-29-11-9-16(10-12-29)17-5-4-6-18(13-17)21(27-23)28-24/h1-8,13-14,16H,9-12,15,22-24H2,(H,27,28). The summed E-state index contributed by atoms with van der Waals surface area (Å²) in [5.41, 5.74) is 6.36. The van der Waals surface area contributed by atoms with Crippen LogP contribution >= 0.6 is 0 Å². The van der Waals surface area contributed by atoms with Crippen LogP contribution in [0.2, 0.25) is 0 Å². The maximum Gasteiger partial charge on any atom is 0.166 e. The summed E-state index contributed by atoms with van der Waals surface area (Å²) in [7, 11) is 0. The molecule has 1 heterocycles. The van der Waals surface area contributed by atoms with Gasteiger partial charge in [-0.2, -0.15) is 10.2 Å². The number of amidine groups is 1. The number of rotatable bonds is 6. The number of benzene rings is 2. The second-order valence-electron chi connectivity index (χ2n) is 7.01. The van der Waals surface area contributed by atoms with E-state index in [1.54, 1.807) is 6.21 Å². The molecule has 0 saturated carbocycles. The second kappa shape index (κ2) is 10.4. The third-order valence-corrected chi connectivity index (χ3v) is 5.16. The topological polar surface area (TPSA) is 130 Å². The van der Waals surface area contributed by atoms with Gasteiger partial charge in [0, 0.05) is 12.1 Å². The highest BCUT2D eigenvalue weighted by molar-refractivity contribution is 6.32. The lowest BCUT2D eigenvalue weighted by Crippen LogP contribution is -2.37. The molecule has 0 aromatic heterocycles. The van der Waals surface area contributed by atoms with E-state index in [0.717, 1.165) is 42.9 Å². The van der Waals surface area contributed by atoms with Crippen LogP contribution in [-0.4, -0.2) is 42.3 Å². The Morgan fingerprint density at radius 3 is 2.45 bits per heavy atom. The third kappa shape index (κ3) is 5.63. The molecule has 1 aliphatic rings. The zero-order valence-corrected chi connectivity index (χ0v) is 16.4. The molecule has 1 saturated heterocycles. The maximum atomic E-state index is 5.58. The molecule has 1 fully saturated rings. The van der Waals surface area contributed by atoms with Crippen LogP contribution in [0.5, 0.6) is 0 Å². The van der Waals surface area contributed by atoms with E-state index < -0.39 is 0 Å². The molecule has 0 spiro atoms. The summed E-state index contributed by atoms with van der Waals surface area (Å²) in [5.74, 6) is 17.4. The Morgan fingerprint density at radius 2 is 1.79 bits per heavy atom. The van der Waals surface area contributed by atoms with Gasteiger partial charge in [0.2, 0.25) is 0 Å². The lowest BCUT2D eigenvalue weighted by molar-refractivity contribution is 0.239. The van der Waals surface area contributed by atoms with Crippen LogP contribution in [0.25, 0.3) is 0 Å². The number of piperidine rings is 1. The van der Waals surface area contributed by atoms with E-state index in [2.05, 4.69) is 37.7 Å². The molecule has 0 atom stereocenters. The molecule has 1 aliphatic heterocycles. The lowest BCUT2D eigenvalue weighted by Gasteiger charge is -2.32. The summed E-state index contributed by atoms with van der Waals surface area (Å²) in [6, 6.07) is 18.0. The molecule has 0 bridgehead atoms. The highest BCUT2D eigenvalue weighted by atomic mass is 15.3. The fourth-order valence-corrected chi connectivity index (χ4v) is 3.57. The van der Waals surface area contributed by atoms with Crippen LogP contribution < -0.4 is 23.0 Å². The van der Waals surface area contributed by atoms with Crippen molar-refractivity contribution in [3.8, 4) is 0 Å². The molecule has 29 heavy (non-hydrogen) atoms. The van der Waals surface area contributed by atoms with Gasteiger partial charge in [0.05, 0.1) is 17.6 Å². The van der Waals surface area contributed by atoms with Crippen molar-refractivity contribution in [1.82, 2.24) is 10.3 Å². The fraction of sp³-hybridized carbons (Fsp3) is 0.286. The number of hydrazine groups is 1. The fourth-order valence-electron chi connectivity index (χ4n) is 3.57. The van der Waals surface area contributed by atoms with Gasteiger partial charge < -0.3 is 17.1 Å². The van der Waals surface area contributed by atoms with Crippen LogP contribution in [0, 0.1) is 0 Å². The van der Waals surface area contributed by atoms with E-state index in [9.17, 15) is 0 Å². The summed E-state index contributed by atoms with van der Waals surface area (Å²) in [6.07, 6.45) is 3.86. The third-order valence-electron chi connectivity index (χ3n) is 5.16. The Balaban J connectivity index is 1.56. The summed E-state index contributed by atoms with van der Waals surface area (Å²) in [6.45, 7) is 2.64. The van der Waals surface area contributed by atoms with Crippen molar-refractivity contribution in [2.24, 2.45) is 32.7 Å². The number of hydrogen-bond donors (Lipinski definition) is 4. The number of nitrogens with zero attached hydrogens (tertiary/aromatic N) is 4. The van der Waals surface area contributed by atoms with Gasteiger partial charge in [-0.25, -0.2) is 5.84 Å². The largest absolute Gasteiger partial charge is 0.323 e. The number of hydrogen-bond acceptors (Lipinski definition) is 7. The Morgan fingerprint density at radius 1 is 1.03 bits per heavy atom. The molecule has 8 heteroatoms. The lowest BCUT2D eigenvalue weighted by atomic mass is 9.88. The average Bonchev–Trinajstić information content (AvgIpc) is 2.79. The van der Waals surface area contributed by atoms with E-state index in [-0.39, 0.29) is 0 Å². The highest BCUT2D eigenvalue weighted by Crippen LogP contribution is 2.28. The van der Waals surface area contributed by atoms with Crippen molar-refractivity contribution >= 4 is 23.4 Å². The Bertz CT molecular complexity index is 867. The minimum absolute atomic E-state index is 0.478. The minimum atomic E-state index is 0.478. The minimum Gasteiger partial charge on any atom is -0.323 e. The van der Waals surface area contributed by atoms with E-state index in [4.69, 9.17) is 17.5 Å². The smallest absolute Gasteiger partial charge is 0.166 e. The number of para-hydroxylation sites is 1. The normalized spacial score (nSPS) is 17.0. The molecule has 7 N–H and O–H groups in total. The Kier molecular flexibility index (Phi) is 7.32. The van der Waals surface area contributed by atoms with Crippen LogP contribution in [-0.2, 0) is 0 Å². The van der Waals surface area contributed by atoms with Crippen LogP contribution in [0.4, 0.5) is 5.69 Å². The Hall–Kier alpha value is -3.23. The van der Waals surface area contributed by atoms with Gasteiger partial charge >= 0.3 is 0 Å². The zero-order valence-electron chi connectivity index (χ0n) is 16.4. The van der Waals surface area contributed by atoms with Gasteiger partial charge in [-0.15, -0.1) is 0 Å². The van der Waals surface area contributed by atoms with E-state index in [1.165, 1.54) is 5.56 Å². The first-order valence-electron chi connectivity index (χ1n) is 9.66. The molecule has 2 aromatic rings. The molecule has 0 amide bonds. The SMILES string of the molecule is NN=C(C=Nc1ccccc1)CN1CCC(c2cccc(/C(=N/N)NN)c2)CC1. The van der Waals surface area contributed by atoms with Crippen molar-refractivity contribution in [3.63, 3.8) is 0 Å². The van der Waals surface area contributed by atoms with E-state index in [0.29, 0.717) is 18.3 Å². The summed E-state index contributed by atoms with van der Waals surface area (Å²) < 4.78 is 0. The number of nitrogens with two attached hydrogens (primary N) is 3. The Labute approximate surface area is 171 Å². The van der Waals surface area contributed by atoms with Gasteiger partial charge in [-0.3, -0.25) is 9.89 Å². The molecular weight excluding hydrogens is 364 g/mol. The van der Waals surface area contributed by atoms with Gasteiger partial charge in [0.25, 0.3) is 0 Å². The molecule has 3 rings (SSSR count). The molecule has 0 aliphatic carbocycles. The predicted octanol–water partition coefficient (Wildman–Crippen LogP) is 1.67. The van der Waals surface area contributed by atoms with Crippen LogP contribution in [0.15, 0.2) is 69.8 Å². The summed E-state index contributed by atoms with van der Waals surface area (Å²) in [5, 5.41) is 7.60. The molecule has 2 aromatic carbocycles. The summed E-state index contributed by atoms with van der Waals surface area (Å²) >= 11 is 0. The first kappa shape index (κ1) is 20.5. The number of aliphatic imine (C=N–C) groups is 1. The van der Waals surface area contributed by atoms with Crippen molar-refractivity contribution in [1.29, 1.82) is 0 Å². The molecule has 0 radical (unpaired) electrons. The van der Waals surface area contributed by atoms with Gasteiger partial charge in [0.1, 0.15) is 0 Å². The number of likely N-dealkylation sites (tertiary alicyclic amines) is 1. The van der Waals surface area contributed by atoms with Crippen molar-refractivity contribution in [3.05, 3.63) is 65.7 Å². The number of hydrazone groups is 2. The monoisotopic (exact) mass is 392 g/mol. The first-order valence-corrected chi connectivity index (χ1v) is 9.66. The van der Waals surface area contributed by atoms with Crippen molar-refractivity contribution in [2.75, 3.05) is 19.6 Å². The molecular formula is C21H28N8. The maximum absolute atomic E-state index is 5.58.